The number of hydrogen-bond acceptors (Lipinski definition) is 1. The van der Waals surface area contributed by atoms with Crippen LogP contribution in [-0.2, 0) is 7.05 Å². The van der Waals surface area contributed by atoms with Gasteiger partial charge < -0.3 is 0 Å². The zero-order valence-corrected chi connectivity index (χ0v) is 10.2. The van der Waals surface area contributed by atoms with Crippen LogP contribution in [-0.4, -0.2) is 9.78 Å². The number of hydrogen-bond donors (Lipinski definition) is 0. The van der Waals surface area contributed by atoms with Crippen LogP contribution in [0.5, 0.6) is 0 Å². The van der Waals surface area contributed by atoms with Gasteiger partial charge in [0.2, 0.25) is 0 Å². The summed E-state index contributed by atoms with van der Waals surface area (Å²) < 4.78 is 3.20. The number of allylic oxidation sites excluding steroid dienone is 4. The molecular weight excluding hydrogens is 240 g/mol. The van der Waals surface area contributed by atoms with Crippen LogP contribution in [0.25, 0.3) is 5.57 Å². The molecule has 1 heterocycles. The molecule has 2 rings (SSSR count). The largest absolute Gasteiger partial charge is 0.267 e. The Morgan fingerprint density at radius 2 is 2.14 bits per heavy atom. The van der Waals surface area contributed by atoms with Crippen molar-refractivity contribution in [1.82, 2.24) is 9.78 Å². The first-order valence-corrected chi connectivity index (χ1v) is 5.45. The van der Waals surface area contributed by atoms with Gasteiger partial charge >= 0.3 is 0 Å². The van der Waals surface area contributed by atoms with E-state index in [-0.39, 0.29) is 0 Å². The molecule has 0 atom stereocenters. The second-order valence-corrected chi connectivity index (χ2v) is 4.66. The summed E-state index contributed by atoms with van der Waals surface area (Å²) in [5.74, 6) is 0. The lowest BCUT2D eigenvalue weighted by molar-refractivity contribution is 0.747. The molecule has 14 heavy (non-hydrogen) atoms. The van der Waals surface area contributed by atoms with E-state index >= 15 is 0 Å². The van der Waals surface area contributed by atoms with Crippen molar-refractivity contribution in [1.29, 1.82) is 0 Å². The van der Waals surface area contributed by atoms with Gasteiger partial charge in [-0.1, -0.05) is 22.0 Å². The first-order valence-electron chi connectivity index (χ1n) is 4.66. The Morgan fingerprint density at radius 1 is 1.43 bits per heavy atom. The maximum atomic E-state index is 4.41. The Bertz CT molecular complexity index is 438. The zero-order chi connectivity index (χ0) is 10.3. The van der Waals surface area contributed by atoms with Crippen LogP contribution >= 0.6 is 15.9 Å². The second kappa shape index (κ2) is 3.39. The van der Waals surface area contributed by atoms with E-state index in [0.29, 0.717) is 0 Å². The van der Waals surface area contributed by atoms with E-state index in [1.165, 1.54) is 21.3 Å². The van der Waals surface area contributed by atoms with Crippen molar-refractivity contribution in [2.45, 2.75) is 20.3 Å². The Hall–Kier alpha value is -0.830. The molecule has 0 saturated carbocycles. The number of rotatable bonds is 1. The quantitative estimate of drug-likeness (QED) is 0.751. The highest BCUT2D eigenvalue weighted by molar-refractivity contribution is 9.11. The Kier molecular flexibility index (Phi) is 2.35. The molecule has 0 saturated heterocycles. The molecule has 0 bridgehead atoms. The van der Waals surface area contributed by atoms with Crippen LogP contribution in [0.2, 0.25) is 0 Å². The molecule has 1 aromatic rings. The monoisotopic (exact) mass is 252 g/mol. The summed E-state index contributed by atoms with van der Waals surface area (Å²) in [6, 6.07) is 0. The van der Waals surface area contributed by atoms with Gasteiger partial charge in [-0.05, 0) is 42.0 Å². The molecule has 3 heteroatoms. The first kappa shape index (κ1) is 9.71. The van der Waals surface area contributed by atoms with Crippen molar-refractivity contribution < 1.29 is 0 Å². The van der Waals surface area contributed by atoms with E-state index in [0.717, 1.165) is 12.1 Å². The standard InChI is InChI=1S/C11H13BrN2/c1-7-8(2)13-14(3)11(7)9-4-5-10(12)6-9/h4,6H,5H2,1-3H3. The fraction of sp³-hybridized carbons (Fsp3) is 0.364. The van der Waals surface area contributed by atoms with Gasteiger partial charge in [0.15, 0.2) is 0 Å². The number of aromatic nitrogens is 2. The first-order chi connectivity index (χ1) is 6.59. The van der Waals surface area contributed by atoms with Crippen LogP contribution in [0.15, 0.2) is 16.6 Å². The third-order valence-electron chi connectivity index (χ3n) is 2.62. The molecule has 0 aliphatic heterocycles. The number of halogens is 1. The smallest absolute Gasteiger partial charge is 0.0708 e. The summed E-state index contributed by atoms with van der Waals surface area (Å²) >= 11 is 3.51. The van der Waals surface area contributed by atoms with Gasteiger partial charge in [0.1, 0.15) is 0 Å². The molecule has 0 spiro atoms. The SMILES string of the molecule is Cc1nn(C)c(C2=CCC(Br)=C2)c1C. The Balaban J connectivity index is 2.52. The molecule has 2 nitrogen and oxygen atoms in total. The summed E-state index contributed by atoms with van der Waals surface area (Å²) in [7, 11) is 2.00. The van der Waals surface area contributed by atoms with Crippen molar-refractivity contribution >= 4 is 21.5 Å². The minimum Gasteiger partial charge on any atom is -0.267 e. The van der Waals surface area contributed by atoms with Crippen molar-refractivity contribution in [3.8, 4) is 0 Å². The van der Waals surface area contributed by atoms with Gasteiger partial charge in [0.05, 0.1) is 11.4 Å². The molecular formula is C11H13BrN2. The number of nitrogens with zero attached hydrogens (tertiary/aromatic N) is 2. The number of aryl methyl sites for hydroxylation is 2. The topological polar surface area (TPSA) is 17.8 Å². The van der Waals surface area contributed by atoms with Gasteiger partial charge in [0, 0.05) is 7.05 Å². The molecule has 0 radical (unpaired) electrons. The third-order valence-corrected chi connectivity index (χ3v) is 3.18. The normalized spacial score (nSPS) is 15.7. The van der Waals surface area contributed by atoms with Crippen LogP contribution in [0.4, 0.5) is 0 Å². The highest BCUT2D eigenvalue weighted by atomic mass is 79.9. The molecule has 0 unspecified atom stereocenters. The molecule has 74 valence electrons. The summed E-state index contributed by atoms with van der Waals surface area (Å²) in [6.07, 6.45) is 5.40. The van der Waals surface area contributed by atoms with E-state index in [1.54, 1.807) is 0 Å². The van der Waals surface area contributed by atoms with Gasteiger partial charge in [-0.3, -0.25) is 4.68 Å². The fourth-order valence-corrected chi connectivity index (χ4v) is 2.23. The minimum absolute atomic E-state index is 0.999. The minimum atomic E-state index is 0.999. The van der Waals surface area contributed by atoms with Crippen LogP contribution in [0.3, 0.4) is 0 Å². The summed E-state index contributed by atoms with van der Waals surface area (Å²) in [4.78, 5) is 0. The van der Waals surface area contributed by atoms with E-state index in [1.807, 2.05) is 18.7 Å². The summed E-state index contributed by atoms with van der Waals surface area (Å²) in [6.45, 7) is 4.17. The maximum Gasteiger partial charge on any atom is 0.0708 e. The van der Waals surface area contributed by atoms with E-state index in [4.69, 9.17) is 0 Å². The van der Waals surface area contributed by atoms with Crippen molar-refractivity contribution in [2.75, 3.05) is 0 Å². The van der Waals surface area contributed by atoms with Gasteiger partial charge in [-0.15, -0.1) is 0 Å². The molecule has 0 amide bonds. The molecule has 1 aliphatic rings. The molecule has 0 N–H and O–H groups in total. The zero-order valence-electron chi connectivity index (χ0n) is 8.63. The lowest BCUT2D eigenvalue weighted by Crippen LogP contribution is -1.96. The third kappa shape index (κ3) is 1.46. The van der Waals surface area contributed by atoms with Gasteiger partial charge in [0.25, 0.3) is 0 Å². The van der Waals surface area contributed by atoms with Crippen LogP contribution in [0.1, 0.15) is 23.4 Å². The van der Waals surface area contributed by atoms with Crippen molar-refractivity contribution in [2.24, 2.45) is 7.05 Å². The lowest BCUT2D eigenvalue weighted by atomic mass is 10.1. The Labute approximate surface area is 92.4 Å². The van der Waals surface area contributed by atoms with Crippen molar-refractivity contribution in [3.63, 3.8) is 0 Å². The average molecular weight is 253 g/mol. The fourth-order valence-electron chi connectivity index (χ4n) is 1.83. The Morgan fingerprint density at radius 3 is 2.57 bits per heavy atom. The second-order valence-electron chi connectivity index (χ2n) is 3.64. The molecule has 0 aromatic carbocycles. The summed E-state index contributed by atoms with van der Waals surface area (Å²) in [5, 5.41) is 4.41. The highest BCUT2D eigenvalue weighted by Crippen LogP contribution is 2.31. The van der Waals surface area contributed by atoms with Crippen molar-refractivity contribution in [3.05, 3.63) is 33.6 Å². The summed E-state index contributed by atoms with van der Waals surface area (Å²) in [5.41, 5.74) is 4.89. The van der Waals surface area contributed by atoms with Crippen LogP contribution < -0.4 is 0 Å². The average Bonchev–Trinajstić information content (AvgIpc) is 2.60. The van der Waals surface area contributed by atoms with Gasteiger partial charge in [-0.2, -0.15) is 5.10 Å². The van der Waals surface area contributed by atoms with E-state index in [2.05, 4.69) is 40.1 Å². The molecule has 1 aliphatic carbocycles. The predicted molar refractivity (Wildman–Crippen MR) is 62.3 cm³/mol. The van der Waals surface area contributed by atoms with E-state index < -0.39 is 0 Å². The predicted octanol–water partition coefficient (Wildman–Crippen LogP) is 3.10. The molecule has 0 fully saturated rings. The lowest BCUT2D eigenvalue weighted by Gasteiger charge is -2.01. The molecule has 1 aromatic heterocycles. The highest BCUT2D eigenvalue weighted by Gasteiger charge is 2.14. The van der Waals surface area contributed by atoms with Gasteiger partial charge in [-0.25, -0.2) is 0 Å². The van der Waals surface area contributed by atoms with E-state index in [9.17, 15) is 0 Å². The van der Waals surface area contributed by atoms with Crippen LogP contribution in [0, 0.1) is 13.8 Å². The maximum absolute atomic E-state index is 4.41.